The van der Waals surface area contributed by atoms with Crippen LogP contribution >= 0.6 is 0 Å². The molecule has 0 saturated carbocycles. The van der Waals surface area contributed by atoms with Crippen molar-refractivity contribution in [2.45, 2.75) is 25.9 Å². The maximum absolute atomic E-state index is 13.3. The molecular weight excluding hydrogens is 191 g/mol. The molecule has 80 valence electrons. The van der Waals surface area contributed by atoms with Crippen molar-refractivity contribution in [2.75, 3.05) is 7.05 Å². The summed E-state index contributed by atoms with van der Waals surface area (Å²) in [5, 5.41) is 8.56. The fourth-order valence-corrected chi connectivity index (χ4v) is 1.34. The first kappa shape index (κ1) is 11.7. The molecule has 0 bridgehead atoms. The quantitative estimate of drug-likeness (QED) is 0.757. The van der Waals surface area contributed by atoms with Gasteiger partial charge in [-0.1, -0.05) is 18.2 Å². The van der Waals surface area contributed by atoms with Crippen molar-refractivity contribution < 1.29 is 4.39 Å². The van der Waals surface area contributed by atoms with E-state index in [4.69, 9.17) is 5.26 Å². The molecule has 1 aromatic carbocycles. The predicted molar refractivity (Wildman–Crippen MR) is 57.6 cm³/mol. The van der Waals surface area contributed by atoms with Crippen LogP contribution in [0.15, 0.2) is 24.3 Å². The zero-order valence-corrected chi connectivity index (χ0v) is 9.07. The summed E-state index contributed by atoms with van der Waals surface area (Å²) in [6, 6.07) is 8.99. The Morgan fingerprint density at radius 2 is 2.13 bits per heavy atom. The highest BCUT2D eigenvalue weighted by Crippen LogP contribution is 2.11. The van der Waals surface area contributed by atoms with Crippen LogP contribution in [0, 0.1) is 17.1 Å². The van der Waals surface area contributed by atoms with Crippen LogP contribution in [0.5, 0.6) is 0 Å². The highest BCUT2D eigenvalue weighted by Gasteiger charge is 2.10. The molecular formula is C12H15FN2. The van der Waals surface area contributed by atoms with Gasteiger partial charge in [-0.15, -0.1) is 0 Å². The van der Waals surface area contributed by atoms with E-state index in [-0.39, 0.29) is 11.9 Å². The monoisotopic (exact) mass is 206 g/mol. The van der Waals surface area contributed by atoms with Crippen LogP contribution in [-0.2, 0) is 6.54 Å². The van der Waals surface area contributed by atoms with Crippen LogP contribution in [0.1, 0.15) is 18.9 Å². The predicted octanol–water partition coefficient (Wildman–Crippen LogP) is 2.56. The summed E-state index contributed by atoms with van der Waals surface area (Å²) >= 11 is 0. The molecule has 0 N–H and O–H groups in total. The van der Waals surface area contributed by atoms with Crippen molar-refractivity contribution in [1.82, 2.24) is 4.90 Å². The highest BCUT2D eigenvalue weighted by molar-refractivity contribution is 5.17. The maximum Gasteiger partial charge on any atom is 0.127 e. The number of nitrogens with zero attached hydrogens (tertiary/aromatic N) is 2. The Kier molecular flexibility index (Phi) is 4.26. The van der Waals surface area contributed by atoms with Gasteiger partial charge < -0.3 is 0 Å². The normalized spacial score (nSPS) is 12.5. The van der Waals surface area contributed by atoms with E-state index in [1.165, 1.54) is 6.07 Å². The van der Waals surface area contributed by atoms with Gasteiger partial charge in [0.25, 0.3) is 0 Å². The van der Waals surface area contributed by atoms with E-state index in [9.17, 15) is 4.39 Å². The summed E-state index contributed by atoms with van der Waals surface area (Å²) in [5.74, 6) is -0.187. The van der Waals surface area contributed by atoms with Crippen LogP contribution in [0.3, 0.4) is 0 Å². The SMILES string of the molecule is C[C@H](CC#N)N(C)Cc1ccccc1F. The Balaban J connectivity index is 2.63. The maximum atomic E-state index is 13.3. The topological polar surface area (TPSA) is 27.0 Å². The summed E-state index contributed by atoms with van der Waals surface area (Å²) in [6.45, 7) is 2.50. The van der Waals surface area contributed by atoms with E-state index in [1.807, 2.05) is 24.9 Å². The summed E-state index contributed by atoms with van der Waals surface area (Å²) in [6.07, 6.45) is 0.463. The van der Waals surface area contributed by atoms with E-state index in [2.05, 4.69) is 6.07 Å². The Hall–Kier alpha value is -1.40. The van der Waals surface area contributed by atoms with Gasteiger partial charge in [-0.25, -0.2) is 4.39 Å². The second-order valence-electron chi connectivity index (χ2n) is 3.72. The number of rotatable bonds is 4. The number of nitriles is 1. The first-order chi connectivity index (χ1) is 7.15. The van der Waals surface area contributed by atoms with Crippen molar-refractivity contribution in [2.24, 2.45) is 0 Å². The van der Waals surface area contributed by atoms with E-state index in [1.54, 1.807) is 12.1 Å². The van der Waals surface area contributed by atoms with Gasteiger partial charge in [-0.05, 0) is 20.0 Å². The molecule has 0 aromatic heterocycles. The fourth-order valence-electron chi connectivity index (χ4n) is 1.34. The lowest BCUT2D eigenvalue weighted by molar-refractivity contribution is 0.249. The minimum absolute atomic E-state index is 0.148. The van der Waals surface area contributed by atoms with E-state index in [0.717, 1.165) is 0 Å². The molecule has 1 rings (SSSR count). The van der Waals surface area contributed by atoms with Gasteiger partial charge in [0.15, 0.2) is 0 Å². The average molecular weight is 206 g/mol. The lowest BCUT2D eigenvalue weighted by Crippen LogP contribution is -2.28. The molecule has 1 aromatic rings. The molecule has 0 fully saturated rings. The third kappa shape index (κ3) is 3.34. The average Bonchev–Trinajstić information content (AvgIpc) is 2.21. The van der Waals surface area contributed by atoms with Gasteiger partial charge >= 0.3 is 0 Å². The first-order valence-corrected chi connectivity index (χ1v) is 4.95. The Labute approximate surface area is 89.9 Å². The zero-order chi connectivity index (χ0) is 11.3. The molecule has 0 aliphatic carbocycles. The molecule has 3 heteroatoms. The Morgan fingerprint density at radius 1 is 1.47 bits per heavy atom. The van der Waals surface area contributed by atoms with Gasteiger partial charge in [0, 0.05) is 18.2 Å². The summed E-state index contributed by atoms with van der Waals surface area (Å²) in [5.41, 5.74) is 0.671. The lowest BCUT2D eigenvalue weighted by atomic mass is 10.1. The number of hydrogen-bond acceptors (Lipinski definition) is 2. The summed E-state index contributed by atoms with van der Waals surface area (Å²) in [7, 11) is 1.90. The highest BCUT2D eigenvalue weighted by atomic mass is 19.1. The second kappa shape index (κ2) is 5.47. The Morgan fingerprint density at radius 3 is 2.73 bits per heavy atom. The summed E-state index contributed by atoms with van der Waals surface area (Å²) in [4.78, 5) is 1.97. The van der Waals surface area contributed by atoms with E-state index >= 15 is 0 Å². The van der Waals surface area contributed by atoms with Crippen molar-refractivity contribution in [3.63, 3.8) is 0 Å². The third-order valence-corrected chi connectivity index (χ3v) is 2.52. The summed E-state index contributed by atoms with van der Waals surface area (Å²) < 4.78 is 13.3. The number of halogens is 1. The van der Waals surface area contributed by atoms with Gasteiger partial charge in [0.1, 0.15) is 5.82 Å². The van der Waals surface area contributed by atoms with Crippen molar-refractivity contribution in [3.8, 4) is 6.07 Å². The molecule has 0 heterocycles. The molecule has 0 spiro atoms. The molecule has 0 amide bonds. The molecule has 15 heavy (non-hydrogen) atoms. The number of benzene rings is 1. The third-order valence-electron chi connectivity index (χ3n) is 2.52. The van der Waals surface area contributed by atoms with Crippen LogP contribution in [0.2, 0.25) is 0 Å². The Bertz CT molecular complexity index is 357. The van der Waals surface area contributed by atoms with Crippen LogP contribution in [0.4, 0.5) is 4.39 Å². The molecule has 0 aliphatic rings. The van der Waals surface area contributed by atoms with Crippen molar-refractivity contribution in [1.29, 1.82) is 5.26 Å². The molecule has 0 unspecified atom stereocenters. The van der Waals surface area contributed by atoms with E-state index < -0.39 is 0 Å². The van der Waals surface area contributed by atoms with Gasteiger partial charge in [0.05, 0.1) is 12.5 Å². The standard InChI is InChI=1S/C12H15FN2/c1-10(7-8-14)15(2)9-11-5-3-4-6-12(11)13/h3-6,10H,7,9H2,1-2H3/t10-/m1/s1. The van der Waals surface area contributed by atoms with Crippen molar-refractivity contribution in [3.05, 3.63) is 35.6 Å². The molecule has 0 radical (unpaired) electrons. The molecule has 0 aliphatic heterocycles. The van der Waals surface area contributed by atoms with Crippen LogP contribution in [0.25, 0.3) is 0 Å². The van der Waals surface area contributed by atoms with Crippen LogP contribution in [-0.4, -0.2) is 18.0 Å². The minimum atomic E-state index is -0.187. The van der Waals surface area contributed by atoms with Gasteiger partial charge in [0.2, 0.25) is 0 Å². The molecule has 1 atom stereocenters. The first-order valence-electron chi connectivity index (χ1n) is 4.95. The van der Waals surface area contributed by atoms with Crippen molar-refractivity contribution >= 4 is 0 Å². The number of hydrogen-bond donors (Lipinski definition) is 0. The molecule has 0 saturated heterocycles. The molecule has 2 nitrogen and oxygen atoms in total. The fraction of sp³-hybridized carbons (Fsp3) is 0.417. The van der Waals surface area contributed by atoms with E-state index in [0.29, 0.717) is 18.5 Å². The van der Waals surface area contributed by atoms with Gasteiger partial charge in [-0.3, -0.25) is 4.90 Å². The van der Waals surface area contributed by atoms with Gasteiger partial charge in [-0.2, -0.15) is 5.26 Å². The largest absolute Gasteiger partial charge is 0.298 e. The second-order valence-corrected chi connectivity index (χ2v) is 3.72. The lowest BCUT2D eigenvalue weighted by Gasteiger charge is -2.22. The minimum Gasteiger partial charge on any atom is -0.298 e. The van der Waals surface area contributed by atoms with Crippen LogP contribution < -0.4 is 0 Å². The zero-order valence-electron chi connectivity index (χ0n) is 9.07. The smallest absolute Gasteiger partial charge is 0.127 e.